The summed E-state index contributed by atoms with van der Waals surface area (Å²) < 4.78 is 0. The van der Waals surface area contributed by atoms with Crippen molar-refractivity contribution in [3.63, 3.8) is 0 Å². The van der Waals surface area contributed by atoms with Gasteiger partial charge in [-0.25, -0.2) is 0 Å². The third-order valence-corrected chi connectivity index (χ3v) is 4.29. The Balaban J connectivity index is 2.50. The van der Waals surface area contributed by atoms with E-state index in [1.165, 1.54) is 11.1 Å². The van der Waals surface area contributed by atoms with E-state index in [4.69, 9.17) is 0 Å². The number of likely N-dealkylation sites (N-methyl/N-ethyl adjacent to an activating group) is 1. The molecule has 1 aliphatic rings. The molecule has 0 bridgehead atoms. The molecule has 116 valence electrons. The van der Waals surface area contributed by atoms with Crippen LogP contribution in [0.15, 0.2) is 18.2 Å². The van der Waals surface area contributed by atoms with E-state index in [2.05, 4.69) is 49.2 Å². The van der Waals surface area contributed by atoms with Gasteiger partial charge >= 0.3 is 0 Å². The summed E-state index contributed by atoms with van der Waals surface area (Å²) >= 11 is 0. The average Bonchev–Trinajstić information content (AvgIpc) is 2.45. The van der Waals surface area contributed by atoms with E-state index in [1.54, 1.807) is 0 Å². The zero-order valence-corrected chi connectivity index (χ0v) is 13.4. The van der Waals surface area contributed by atoms with Crippen LogP contribution in [0, 0.1) is 5.92 Å². The van der Waals surface area contributed by atoms with Crippen LogP contribution in [0.5, 0.6) is 0 Å². The van der Waals surface area contributed by atoms with Gasteiger partial charge in [-0.05, 0) is 36.0 Å². The van der Waals surface area contributed by atoms with Crippen LogP contribution < -0.4 is 10.2 Å². The Kier molecular flexibility index (Phi) is 4.88. The molecular formula is C17H26N2O2. The number of benzene rings is 1. The standard InChI is InChI=1S/C17H26N2O2/c1-5-12-6-7-13-9-14(10-20)18-17(21)16(11(2)3)19(4)15(13)8-12/h6-8,11,14,16,20H,5,9-10H2,1-4H3,(H,18,21)/t14-,16-/m0/s1. The Morgan fingerprint density at radius 3 is 2.71 bits per heavy atom. The molecule has 0 radical (unpaired) electrons. The minimum atomic E-state index is -0.217. The summed E-state index contributed by atoms with van der Waals surface area (Å²) in [5, 5.41) is 12.5. The van der Waals surface area contributed by atoms with Gasteiger partial charge in [0.1, 0.15) is 6.04 Å². The minimum Gasteiger partial charge on any atom is -0.394 e. The van der Waals surface area contributed by atoms with Crippen molar-refractivity contribution in [3.8, 4) is 0 Å². The number of aliphatic hydroxyl groups excluding tert-OH is 1. The van der Waals surface area contributed by atoms with Crippen LogP contribution in [0.4, 0.5) is 5.69 Å². The second kappa shape index (κ2) is 6.48. The number of nitrogens with zero attached hydrogens (tertiary/aromatic N) is 1. The summed E-state index contributed by atoms with van der Waals surface area (Å²) in [4.78, 5) is 14.6. The number of fused-ring (bicyclic) bond motifs is 1. The Morgan fingerprint density at radius 2 is 2.14 bits per heavy atom. The van der Waals surface area contributed by atoms with Gasteiger partial charge in [-0.1, -0.05) is 32.9 Å². The summed E-state index contributed by atoms with van der Waals surface area (Å²) in [5.74, 6) is 0.199. The smallest absolute Gasteiger partial charge is 0.243 e. The minimum absolute atomic E-state index is 0.000832. The molecule has 1 heterocycles. The molecular weight excluding hydrogens is 264 g/mol. The number of amides is 1. The van der Waals surface area contributed by atoms with Gasteiger partial charge in [0.05, 0.1) is 12.6 Å². The zero-order valence-electron chi connectivity index (χ0n) is 13.4. The second-order valence-electron chi connectivity index (χ2n) is 6.21. The molecule has 21 heavy (non-hydrogen) atoms. The number of anilines is 1. The molecule has 4 nitrogen and oxygen atoms in total. The fourth-order valence-electron chi connectivity index (χ4n) is 3.12. The lowest BCUT2D eigenvalue weighted by atomic mass is 9.94. The summed E-state index contributed by atoms with van der Waals surface area (Å²) in [6.07, 6.45) is 1.64. The first-order chi connectivity index (χ1) is 9.97. The molecule has 0 saturated heterocycles. The third kappa shape index (κ3) is 3.21. The normalized spacial score (nSPS) is 22.6. The molecule has 0 aromatic heterocycles. The number of hydrogen-bond donors (Lipinski definition) is 2. The Labute approximate surface area is 127 Å². The van der Waals surface area contributed by atoms with Crippen molar-refractivity contribution in [1.29, 1.82) is 0 Å². The van der Waals surface area contributed by atoms with Gasteiger partial charge in [-0.15, -0.1) is 0 Å². The number of hydrogen-bond acceptors (Lipinski definition) is 3. The van der Waals surface area contributed by atoms with E-state index in [0.29, 0.717) is 6.42 Å². The molecule has 0 unspecified atom stereocenters. The summed E-state index contributed by atoms with van der Waals surface area (Å²) in [7, 11) is 1.99. The number of rotatable bonds is 3. The van der Waals surface area contributed by atoms with Gasteiger partial charge in [0.15, 0.2) is 0 Å². The first-order valence-corrected chi connectivity index (χ1v) is 7.73. The molecule has 4 heteroatoms. The van der Waals surface area contributed by atoms with Crippen molar-refractivity contribution in [1.82, 2.24) is 5.32 Å². The van der Waals surface area contributed by atoms with Crippen molar-refractivity contribution in [2.75, 3.05) is 18.6 Å². The highest BCUT2D eigenvalue weighted by Gasteiger charge is 2.32. The van der Waals surface area contributed by atoms with Crippen LogP contribution in [-0.4, -0.2) is 36.8 Å². The highest BCUT2D eigenvalue weighted by molar-refractivity contribution is 5.86. The van der Waals surface area contributed by atoms with Crippen LogP contribution >= 0.6 is 0 Å². The van der Waals surface area contributed by atoms with Crippen LogP contribution in [0.2, 0.25) is 0 Å². The lowest BCUT2D eigenvalue weighted by Gasteiger charge is -2.37. The number of carbonyl (C=O) groups is 1. The molecule has 2 atom stereocenters. The zero-order chi connectivity index (χ0) is 15.6. The van der Waals surface area contributed by atoms with Crippen LogP contribution in [0.1, 0.15) is 31.9 Å². The van der Waals surface area contributed by atoms with Crippen molar-refractivity contribution in [2.45, 2.75) is 45.7 Å². The Bertz CT molecular complexity index is 514. The fourth-order valence-corrected chi connectivity index (χ4v) is 3.12. The van der Waals surface area contributed by atoms with E-state index in [0.717, 1.165) is 12.1 Å². The molecule has 0 spiro atoms. The largest absolute Gasteiger partial charge is 0.394 e. The number of carbonyl (C=O) groups excluding carboxylic acids is 1. The molecule has 1 aromatic rings. The first kappa shape index (κ1) is 15.8. The SMILES string of the molecule is CCc1ccc2c(c1)N(C)[C@@H](C(C)C)C(=O)N[C@H](CO)C2. The maximum Gasteiger partial charge on any atom is 0.243 e. The van der Waals surface area contributed by atoms with Crippen molar-refractivity contribution in [3.05, 3.63) is 29.3 Å². The van der Waals surface area contributed by atoms with E-state index < -0.39 is 0 Å². The fraction of sp³-hybridized carbons (Fsp3) is 0.588. The Morgan fingerprint density at radius 1 is 1.43 bits per heavy atom. The lowest BCUT2D eigenvalue weighted by Crippen LogP contribution is -2.54. The van der Waals surface area contributed by atoms with Crippen LogP contribution in [-0.2, 0) is 17.6 Å². The molecule has 1 aliphatic heterocycles. The second-order valence-corrected chi connectivity index (χ2v) is 6.21. The van der Waals surface area contributed by atoms with Crippen LogP contribution in [0.25, 0.3) is 0 Å². The van der Waals surface area contributed by atoms with Gasteiger partial charge in [-0.3, -0.25) is 4.79 Å². The van der Waals surface area contributed by atoms with Gasteiger partial charge in [0, 0.05) is 12.7 Å². The molecule has 2 rings (SSSR count). The average molecular weight is 290 g/mol. The summed E-state index contributed by atoms with van der Waals surface area (Å²) in [6.45, 7) is 6.21. The third-order valence-electron chi connectivity index (χ3n) is 4.29. The lowest BCUT2D eigenvalue weighted by molar-refractivity contribution is -0.124. The van der Waals surface area contributed by atoms with Crippen LogP contribution in [0.3, 0.4) is 0 Å². The molecule has 0 saturated carbocycles. The van der Waals surface area contributed by atoms with Crippen molar-refractivity contribution >= 4 is 11.6 Å². The molecule has 0 aliphatic carbocycles. The topological polar surface area (TPSA) is 52.6 Å². The van der Waals surface area contributed by atoms with E-state index in [9.17, 15) is 9.90 Å². The highest BCUT2D eigenvalue weighted by atomic mass is 16.3. The molecule has 1 aromatic carbocycles. The molecule has 2 N–H and O–H groups in total. The van der Waals surface area contributed by atoms with Crippen molar-refractivity contribution < 1.29 is 9.90 Å². The molecule has 1 amide bonds. The van der Waals surface area contributed by atoms with Gasteiger partial charge in [0.25, 0.3) is 0 Å². The van der Waals surface area contributed by atoms with E-state index >= 15 is 0 Å². The highest BCUT2D eigenvalue weighted by Crippen LogP contribution is 2.28. The summed E-state index contributed by atoms with van der Waals surface area (Å²) in [6, 6.07) is 6.01. The van der Waals surface area contributed by atoms with Gasteiger partial charge in [0.2, 0.25) is 5.91 Å². The summed E-state index contributed by atoms with van der Waals surface area (Å²) in [5.41, 5.74) is 3.56. The quantitative estimate of drug-likeness (QED) is 0.891. The van der Waals surface area contributed by atoms with Gasteiger partial charge < -0.3 is 15.3 Å². The molecule has 0 fully saturated rings. The number of aryl methyl sites for hydroxylation is 1. The predicted molar refractivity (Wildman–Crippen MR) is 85.6 cm³/mol. The van der Waals surface area contributed by atoms with Crippen molar-refractivity contribution in [2.24, 2.45) is 5.92 Å². The van der Waals surface area contributed by atoms with E-state index in [-0.39, 0.29) is 30.5 Å². The maximum absolute atomic E-state index is 12.5. The van der Waals surface area contributed by atoms with Gasteiger partial charge in [-0.2, -0.15) is 0 Å². The maximum atomic E-state index is 12.5. The van der Waals surface area contributed by atoms with E-state index in [1.807, 2.05) is 7.05 Å². The predicted octanol–water partition coefficient (Wildman–Crippen LogP) is 1.74. The number of nitrogens with one attached hydrogen (secondary N) is 1. The number of aliphatic hydroxyl groups is 1. The first-order valence-electron chi connectivity index (χ1n) is 7.73. The Hall–Kier alpha value is -1.55. The monoisotopic (exact) mass is 290 g/mol.